The fourth-order valence-electron chi connectivity index (χ4n) is 3.58. The summed E-state index contributed by atoms with van der Waals surface area (Å²) in [7, 11) is 2.21. The van der Waals surface area contributed by atoms with Crippen LogP contribution in [0.1, 0.15) is 48.9 Å². The van der Waals surface area contributed by atoms with Gasteiger partial charge in [0.15, 0.2) is 0 Å². The maximum atomic E-state index is 4.72. The van der Waals surface area contributed by atoms with Gasteiger partial charge in [-0.15, -0.1) is 0 Å². The van der Waals surface area contributed by atoms with Crippen molar-refractivity contribution in [3.8, 4) is 0 Å². The number of hydrogen-bond acceptors (Lipinski definition) is 3. The maximum Gasteiger partial charge on any atom is 0.0546 e. The number of nitrogens with zero attached hydrogens (tertiary/aromatic N) is 3. The predicted molar refractivity (Wildman–Crippen MR) is 77.6 cm³/mol. The van der Waals surface area contributed by atoms with Crippen molar-refractivity contribution in [2.24, 2.45) is 0 Å². The Labute approximate surface area is 116 Å². The third-order valence-corrected chi connectivity index (χ3v) is 4.90. The minimum Gasteiger partial charge on any atom is -0.317 e. The first-order valence-corrected chi connectivity index (χ1v) is 7.69. The lowest BCUT2D eigenvalue weighted by atomic mass is 9.90. The quantitative estimate of drug-likeness (QED) is 0.884. The highest BCUT2D eigenvalue weighted by Crippen LogP contribution is 2.30. The van der Waals surface area contributed by atoms with E-state index in [2.05, 4.69) is 35.1 Å². The molecule has 0 aromatic carbocycles. The Bertz CT molecular complexity index is 412. The summed E-state index contributed by atoms with van der Waals surface area (Å²) >= 11 is 0. The van der Waals surface area contributed by atoms with Crippen molar-refractivity contribution < 1.29 is 0 Å². The van der Waals surface area contributed by atoms with Crippen LogP contribution in [0.2, 0.25) is 0 Å². The second-order valence-corrected chi connectivity index (χ2v) is 6.19. The average Bonchev–Trinajstić information content (AvgIpc) is 2.83. The molecule has 2 aliphatic rings. The van der Waals surface area contributed by atoms with Gasteiger partial charge in [0.25, 0.3) is 0 Å². The lowest BCUT2D eigenvalue weighted by Gasteiger charge is -2.30. The summed E-state index contributed by atoms with van der Waals surface area (Å²) in [4.78, 5) is 2.42. The van der Waals surface area contributed by atoms with E-state index in [0.717, 1.165) is 19.0 Å². The Balaban J connectivity index is 1.74. The van der Waals surface area contributed by atoms with Crippen molar-refractivity contribution in [3.63, 3.8) is 0 Å². The molecule has 1 aromatic heterocycles. The van der Waals surface area contributed by atoms with Crippen LogP contribution in [0, 0.1) is 6.92 Å². The number of rotatable bonds is 2. The van der Waals surface area contributed by atoms with E-state index in [0.29, 0.717) is 6.04 Å². The molecular weight excluding hydrogens is 236 g/mol. The highest BCUT2D eigenvalue weighted by atomic mass is 15.3. The molecule has 2 aliphatic heterocycles. The van der Waals surface area contributed by atoms with Crippen molar-refractivity contribution >= 4 is 0 Å². The van der Waals surface area contributed by atoms with E-state index >= 15 is 0 Å². The Kier molecular flexibility index (Phi) is 3.89. The van der Waals surface area contributed by atoms with Crippen molar-refractivity contribution in [2.45, 2.75) is 44.6 Å². The van der Waals surface area contributed by atoms with Gasteiger partial charge < -0.3 is 10.2 Å². The largest absolute Gasteiger partial charge is 0.317 e. The topological polar surface area (TPSA) is 33.1 Å². The Morgan fingerprint density at radius 2 is 1.84 bits per heavy atom. The lowest BCUT2D eigenvalue weighted by Crippen LogP contribution is -2.32. The Morgan fingerprint density at radius 3 is 2.53 bits per heavy atom. The minimum atomic E-state index is 0.617. The summed E-state index contributed by atoms with van der Waals surface area (Å²) in [5.41, 5.74) is 2.92. The van der Waals surface area contributed by atoms with Crippen molar-refractivity contribution in [1.82, 2.24) is 20.0 Å². The third-order valence-electron chi connectivity index (χ3n) is 4.90. The molecule has 1 aromatic rings. The zero-order valence-electron chi connectivity index (χ0n) is 12.2. The molecule has 4 heteroatoms. The average molecular weight is 262 g/mol. The second kappa shape index (κ2) is 5.63. The van der Waals surface area contributed by atoms with Crippen LogP contribution in [0.5, 0.6) is 0 Å². The van der Waals surface area contributed by atoms with Gasteiger partial charge in [0, 0.05) is 5.69 Å². The highest BCUT2D eigenvalue weighted by molar-refractivity contribution is 5.22. The van der Waals surface area contributed by atoms with Gasteiger partial charge in [-0.25, -0.2) is 0 Å². The number of piperidine rings is 2. The van der Waals surface area contributed by atoms with E-state index in [1.807, 2.05) is 0 Å². The van der Waals surface area contributed by atoms with Crippen LogP contribution < -0.4 is 5.32 Å². The van der Waals surface area contributed by atoms with Crippen LogP contribution in [0.15, 0.2) is 6.20 Å². The molecule has 0 atom stereocenters. The van der Waals surface area contributed by atoms with Crippen molar-refractivity contribution in [3.05, 3.63) is 17.5 Å². The highest BCUT2D eigenvalue weighted by Gasteiger charge is 2.24. The summed E-state index contributed by atoms with van der Waals surface area (Å²) in [6, 6.07) is 0.617. The zero-order chi connectivity index (χ0) is 13.2. The first kappa shape index (κ1) is 13.1. The van der Waals surface area contributed by atoms with Gasteiger partial charge in [-0.1, -0.05) is 0 Å². The predicted octanol–water partition coefficient (Wildman–Crippen LogP) is 1.93. The fraction of sp³-hybridized carbons (Fsp3) is 0.800. The van der Waals surface area contributed by atoms with Crippen LogP contribution in [0.3, 0.4) is 0 Å². The summed E-state index contributed by atoms with van der Waals surface area (Å²) in [6.07, 6.45) is 7.15. The molecule has 0 amide bonds. The van der Waals surface area contributed by atoms with Gasteiger partial charge in [-0.2, -0.15) is 5.10 Å². The lowest BCUT2D eigenvalue weighted by molar-refractivity contribution is 0.210. The molecule has 0 saturated carbocycles. The van der Waals surface area contributed by atoms with Crippen molar-refractivity contribution in [1.29, 1.82) is 0 Å². The van der Waals surface area contributed by atoms with E-state index in [1.165, 1.54) is 50.0 Å². The van der Waals surface area contributed by atoms with Gasteiger partial charge in [0.05, 0.1) is 12.2 Å². The first-order valence-electron chi connectivity index (χ1n) is 7.69. The molecule has 0 bridgehead atoms. The fourth-order valence-corrected chi connectivity index (χ4v) is 3.58. The Morgan fingerprint density at radius 1 is 1.16 bits per heavy atom. The third kappa shape index (κ3) is 2.70. The number of likely N-dealkylation sites (tertiary alicyclic amines) is 1. The van der Waals surface area contributed by atoms with Gasteiger partial charge in [0.1, 0.15) is 0 Å². The second-order valence-electron chi connectivity index (χ2n) is 6.19. The van der Waals surface area contributed by atoms with Crippen LogP contribution in [-0.2, 0) is 0 Å². The summed E-state index contributed by atoms with van der Waals surface area (Å²) in [5, 5.41) is 8.16. The number of aromatic nitrogens is 2. The van der Waals surface area contributed by atoms with Crippen LogP contribution in [0.25, 0.3) is 0 Å². The molecule has 0 unspecified atom stereocenters. The molecule has 0 aliphatic carbocycles. The molecule has 19 heavy (non-hydrogen) atoms. The molecule has 0 spiro atoms. The molecule has 1 N–H and O–H groups in total. The molecule has 3 heterocycles. The smallest absolute Gasteiger partial charge is 0.0546 e. The van der Waals surface area contributed by atoms with Crippen LogP contribution >= 0.6 is 0 Å². The number of hydrogen-bond donors (Lipinski definition) is 1. The molecule has 2 fully saturated rings. The van der Waals surface area contributed by atoms with E-state index < -0.39 is 0 Å². The summed E-state index contributed by atoms with van der Waals surface area (Å²) in [5.74, 6) is 0.723. The van der Waals surface area contributed by atoms with E-state index in [-0.39, 0.29) is 0 Å². The molecule has 4 nitrogen and oxygen atoms in total. The summed E-state index contributed by atoms with van der Waals surface area (Å²) in [6.45, 7) is 6.98. The van der Waals surface area contributed by atoms with E-state index in [9.17, 15) is 0 Å². The standard InChI is InChI=1S/C15H26N4/c1-12-15(13-3-7-16-8-4-13)11-17-19(12)14-5-9-18(2)10-6-14/h11,13-14,16H,3-10H2,1-2H3. The monoisotopic (exact) mass is 262 g/mol. The molecule has 106 valence electrons. The molecule has 3 rings (SSSR count). The SMILES string of the molecule is Cc1c(C2CCNCC2)cnn1C1CCN(C)CC1. The normalized spacial score (nSPS) is 23.9. The van der Waals surface area contributed by atoms with Gasteiger partial charge in [-0.3, -0.25) is 4.68 Å². The van der Waals surface area contributed by atoms with Gasteiger partial charge in [-0.05, 0) is 77.3 Å². The van der Waals surface area contributed by atoms with Gasteiger partial charge >= 0.3 is 0 Å². The van der Waals surface area contributed by atoms with Crippen molar-refractivity contribution in [2.75, 3.05) is 33.2 Å². The van der Waals surface area contributed by atoms with Crippen LogP contribution in [0.4, 0.5) is 0 Å². The van der Waals surface area contributed by atoms with Crippen LogP contribution in [-0.4, -0.2) is 47.9 Å². The molecule has 0 radical (unpaired) electrons. The summed E-state index contributed by atoms with van der Waals surface area (Å²) < 4.78 is 2.31. The molecular formula is C15H26N4. The van der Waals surface area contributed by atoms with E-state index in [1.54, 1.807) is 0 Å². The van der Waals surface area contributed by atoms with E-state index in [4.69, 9.17) is 5.10 Å². The number of nitrogens with one attached hydrogen (secondary N) is 1. The first-order chi connectivity index (χ1) is 9.25. The minimum absolute atomic E-state index is 0.617. The Hall–Kier alpha value is -0.870. The maximum absolute atomic E-state index is 4.72. The molecule has 2 saturated heterocycles. The van der Waals surface area contributed by atoms with Gasteiger partial charge in [0.2, 0.25) is 0 Å². The zero-order valence-corrected chi connectivity index (χ0v) is 12.2.